The van der Waals surface area contributed by atoms with Crippen LogP contribution in [0.2, 0.25) is 0 Å². The first-order chi connectivity index (χ1) is 13.2. The lowest BCUT2D eigenvalue weighted by atomic mass is 9.84. The van der Waals surface area contributed by atoms with Gasteiger partial charge in [-0.3, -0.25) is 4.98 Å². The van der Waals surface area contributed by atoms with Gasteiger partial charge < -0.3 is 9.64 Å². The van der Waals surface area contributed by atoms with E-state index in [0.29, 0.717) is 0 Å². The summed E-state index contributed by atoms with van der Waals surface area (Å²) in [5.74, 6) is 1.70. The normalized spacial score (nSPS) is 13.0. The summed E-state index contributed by atoms with van der Waals surface area (Å²) in [6.45, 7) is 15.3. The molecule has 1 aromatic heterocycles. The molecule has 0 saturated heterocycles. The fraction of sp³-hybridized carbons (Fsp3) is 0.320. The minimum absolute atomic E-state index is 0.117. The number of ether oxygens (including phenoxy) is 1. The number of fused-ring (bicyclic) bond motifs is 2. The fourth-order valence-corrected chi connectivity index (χ4v) is 3.95. The first kappa shape index (κ1) is 18.5. The number of pyridine rings is 1. The number of hydrogen-bond donors (Lipinski definition) is 0. The average molecular weight is 373 g/mol. The molecule has 0 aliphatic carbocycles. The summed E-state index contributed by atoms with van der Waals surface area (Å²) in [4.78, 5) is 6.80. The van der Waals surface area contributed by atoms with Gasteiger partial charge in [-0.15, -0.1) is 0 Å². The van der Waals surface area contributed by atoms with Crippen LogP contribution in [0.4, 0.5) is 17.1 Å². The Balaban J connectivity index is 2.01. The standard InChI is InChI=1S/C25H28N2O/c1-15-9-8-10-20-24(15)28-22-14-26-18(4)13-21(22)27(20)23-16(2)11-19(12-17(23)3)25(5,6)7/h8-14H,1-7H3. The maximum absolute atomic E-state index is 6.27. The Morgan fingerprint density at radius 3 is 2.18 bits per heavy atom. The number of hydrogen-bond acceptors (Lipinski definition) is 3. The molecule has 0 radical (unpaired) electrons. The highest BCUT2D eigenvalue weighted by molar-refractivity contribution is 5.89. The molecule has 0 atom stereocenters. The highest BCUT2D eigenvalue weighted by atomic mass is 16.5. The van der Waals surface area contributed by atoms with E-state index in [1.807, 2.05) is 13.1 Å². The van der Waals surface area contributed by atoms with Gasteiger partial charge >= 0.3 is 0 Å². The molecule has 0 spiro atoms. The Morgan fingerprint density at radius 2 is 1.54 bits per heavy atom. The van der Waals surface area contributed by atoms with E-state index in [0.717, 1.165) is 34.1 Å². The summed E-state index contributed by atoms with van der Waals surface area (Å²) in [7, 11) is 0. The second-order valence-corrected chi connectivity index (χ2v) is 8.86. The maximum atomic E-state index is 6.27. The lowest BCUT2D eigenvalue weighted by molar-refractivity contribution is 0.470. The molecule has 2 heterocycles. The van der Waals surface area contributed by atoms with Crippen LogP contribution in [0.25, 0.3) is 0 Å². The van der Waals surface area contributed by atoms with E-state index in [2.05, 4.69) is 87.8 Å². The number of para-hydroxylation sites is 1. The summed E-state index contributed by atoms with van der Waals surface area (Å²) in [6.07, 6.45) is 1.83. The van der Waals surface area contributed by atoms with Crippen molar-refractivity contribution in [2.75, 3.05) is 4.90 Å². The molecule has 0 bridgehead atoms. The molecule has 0 N–H and O–H groups in total. The largest absolute Gasteiger partial charge is 0.451 e. The molecule has 3 heteroatoms. The van der Waals surface area contributed by atoms with Gasteiger partial charge in [-0.25, -0.2) is 0 Å². The quantitative estimate of drug-likeness (QED) is 0.353. The van der Waals surface area contributed by atoms with Crippen molar-refractivity contribution in [2.45, 2.75) is 53.9 Å². The van der Waals surface area contributed by atoms with Gasteiger partial charge in [0.1, 0.15) is 0 Å². The molecule has 0 saturated carbocycles. The van der Waals surface area contributed by atoms with Crippen molar-refractivity contribution in [2.24, 2.45) is 0 Å². The molecule has 3 aromatic rings. The van der Waals surface area contributed by atoms with Crippen LogP contribution in [0.1, 0.15) is 48.7 Å². The van der Waals surface area contributed by atoms with E-state index in [1.165, 1.54) is 22.4 Å². The van der Waals surface area contributed by atoms with Crippen molar-refractivity contribution < 1.29 is 4.74 Å². The molecule has 0 unspecified atom stereocenters. The third-order valence-corrected chi connectivity index (χ3v) is 5.45. The Morgan fingerprint density at radius 1 is 0.857 bits per heavy atom. The Hall–Kier alpha value is -2.81. The highest BCUT2D eigenvalue weighted by Gasteiger charge is 2.30. The third-order valence-electron chi connectivity index (χ3n) is 5.45. The van der Waals surface area contributed by atoms with Crippen molar-refractivity contribution in [3.05, 3.63) is 70.5 Å². The SMILES string of the molecule is Cc1cc2c(cn1)Oc1c(C)cccc1N2c1c(C)cc(C(C)(C)C)cc1C. The van der Waals surface area contributed by atoms with E-state index < -0.39 is 0 Å². The minimum Gasteiger partial charge on any atom is -0.451 e. The summed E-state index contributed by atoms with van der Waals surface area (Å²) in [6, 6.07) is 13.1. The lowest BCUT2D eigenvalue weighted by Crippen LogP contribution is -2.20. The van der Waals surface area contributed by atoms with Gasteiger partial charge in [0.25, 0.3) is 0 Å². The van der Waals surface area contributed by atoms with Gasteiger partial charge in [-0.2, -0.15) is 0 Å². The van der Waals surface area contributed by atoms with Gasteiger partial charge in [0, 0.05) is 5.69 Å². The van der Waals surface area contributed by atoms with Crippen LogP contribution in [0.15, 0.2) is 42.6 Å². The van der Waals surface area contributed by atoms with Crippen LogP contribution in [0, 0.1) is 27.7 Å². The predicted molar refractivity (Wildman–Crippen MR) is 117 cm³/mol. The average Bonchev–Trinajstić information content (AvgIpc) is 2.60. The van der Waals surface area contributed by atoms with E-state index in [-0.39, 0.29) is 5.41 Å². The third kappa shape index (κ3) is 2.95. The van der Waals surface area contributed by atoms with Crippen molar-refractivity contribution >= 4 is 17.1 Å². The lowest BCUT2D eigenvalue weighted by Gasteiger charge is -2.36. The molecule has 0 amide bonds. The monoisotopic (exact) mass is 372 g/mol. The molecular formula is C25H28N2O. The summed E-state index contributed by atoms with van der Waals surface area (Å²) < 4.78 is 6.27. The van der Waals surface area contributed by atoms with Crippen LogP contribution in [-0.2, 0) is 5.41 Å². The van der Waals surface area contributed by atoms with Crippen molar-refractivity contribution in [3.63, 3.8) is 0 Å². The number of aromatic nitrogens is 1. The minimum atomic E-state index is 0.117. The van der Waals surface area contributed by atoms with Crippen LogP contribution >= 0.6 is 0 Å². The van der Waals surface area contributed by atoms with Crippen molar-refractivity contribution in [1.82, 2.24) is 4.98 Å². The molecule has 0 fully saturated rings. The molecule has 28 heavy (non-hydrogen) atoms. The predicted octanol–water partition coefficient (Wildman–Crippen LogP) is 7.19. The van der Waals surface area contributed by atoms with E-state index in [4.69, 9.17) is 4.74 Å². The number of nitrogens with zero attached hydrogens (tertiary/aromatic N) is 2. The van der Waals surface area contributed by atoms with Crippen molar-refractivity contribution in [3.8, 4) is 11.5 Å². The first-order valence-electron chi connectivity index (χ1n) is 9.83. The van der Waals surface area contributed by atoms with E-state index in [9.17, 15) is 0 Å². The van der Waals surface area contributed by atoms with Crippen molar-refractivity contribution in [1.29, 1.82) is 0 Å². The summed E-state index contributed by atoms with van der Waals surface area (Å²) in [5.41, 5.74) is 9.43. The first-order valence-corrected chi connectivity index (χ1v) is 9.83. The Kier molecular flexibility index (Phi) is 4.22. The smallest absolute Gasteiger partial charge is 0.169 e. The molecule has 144 valence electrons. The summed E-state index contributed by atoms with van der Waals surface area (Å²) >= 11 is 0. The molecule has 3 nitrogen and oxygen atoms in total. The van der Waals surface area contributed by atoms with Gasteiger partial charge in [-0.1, -0.05) is 45.0 Å². The molecular weight excluding hydrogens is 344 g/mol. The second kappa shape index (κ2) is 6.37. The zero-order valence-electron chi connectivity index (χ0n) is 17.8. The molecule has 1 aliphatic heterocycles. The van der Waals surface area contributed by atoms with Gasteiger partial charge in [-0.05, 0) is 67.5 Å². The Bertz CT molecular complexity index is 1050. The van der Waals surface area contributed by atoms with Crippen LogP contribution in [0.3, 0.4) is 0 Å². The van der Waals surface area contributed by atoms with Crippen LogP contribution in [-0.4, -0.2) is 4.98 Å². The summed E-state index contributed by atoms with van der Waals surface area (Å²) in [5, 5.41) is 0. The maximum Gasteiger partial charge on any atom is 0.169 e. The highest BCUT2D eigenvalue weighted by Crippen LogP contribution is 2.53. The van der Waals surface area contributed by atoms with E-state index >= 15 is 0 Å². The number of anilines is 3. The number of aryl methyl sites for hydroxylation is 4. The molecule has 1 aliphatic rings. The zero-order valence-corrected chi connectivity index (χ0v) is 17.8. The zero-order chi connectivity index (χ0) is 20.2. The second-order valence-electron chi connectivity index (χ2n) is 8.86. The van der Waals surface area contributed by atoms with Gasteiger partial charge in [0.05, 0.1) is 23.3 Å². The van der Waals surface area contributed by atoms with Crippen LogP contribution in [0.5, 0.6) is 11.5 Å². The topological polar surface area (TPSA) is 25.4 Å². The number of rotatable bonds is 1. The van der Waals surface area contributed by atoms with Crippen LogP contribution < -0.4 is 9.64 Å². The Labute approximate surface area is 168 Å². The molecule has 4 rings (SSSR count). The van der Waals surface area contributed by atoms with E-state index in [1.54, 1.807) is 0 Å². The molecule has 2 aromatic carbocycles. The van der Waals surface area contributed by atoms with Gasteiger partial charge in [0.15, 0.2) is 11.5 Å². The fourth-order valence-electron chi connectivity index (χ4n) is 3.95. The number of benzene rings is 2. The van der Waals surface area contributed by atoms with Gasteiger partial charge in [0.2, 0.25) is 0 Å².